The van der Waals surface area contributed by atoms with Crippen LogP contribution in [-0.2, 0) is 11.3 Å². The molecule has 25 heavy (non-hydrogen) atoms. The Labute approximate surface area is 156 Å². The van der Waals surface area contributed by atoms with Crippen LogP contribution in [0.25, 0.3) is 0 Å². The lowest BCUT2D eigenvalue weighted by Crippen LogP contribution is -2.48. The van der Waals surface area contributed by atoms with E-state index >= 15 is 0 Å². The normalized spacial score (nSPS) is 17.4. The van der Waals surface area contributed by atoms with Gasteiger partial charge in [0.1, 0.15) is 0 Å². The Bertz CT molecular complexity index is 777. The molecule has 132 valence electrons. The summed E-state index contributed by atoms with van der Waals surface area (Å²) in [5.74, 6) is -0.0762. The summed E-state index contributed by atoms with van der Waals surface area (Å²) in [6, 6.07) is 11.3. The van der Waals surface area contributed by atoms with E-state index in [0.717, 1.165) is 17.0 Å². The number of amides is 2. The van der Waals surface area contributed by atoms with Crippen molar-refractivity contribution in [3.8, 4) is 0 Å². The molecule has 1 fully saturated rings. The smallest absolute Gasteiger partial charge is 0.264 e. The average Bonchev–Trinajstić information content (AvgIpc) is 3.09. The van der Waals surface area contributed by atoms with Crippen LogP contribution in [0.4, 0.5) is 0 Å². The van der Waals surface area contributed by atoms with Gasteiger partial charge in [-0.05, 0) is 23.8 Å². The highest BCUT2D eigenvalue weighted by molar-refractivity contribution is 7.14. The van der Waals surface area contributed by atoms with E-state index in [1.54, 1.807) is 0 Å². The summed E-state index contributed by atoms with van der Waals surface area (Å²) < 4.78 is 0. The van der Waals surface area contributed by atoms with Crippen LogP contribution >= 0.6 is 22.9 Å². The maximum Gasteiger partial charge on any atom is 0.264 e. The molecule has 0 saturated carbocycles. The molecule has 2 N–H and O–H groups in total. The predicted molar refractivity (Wildman–Crippen MR) is 99.9 cm³/mol. The minimum atomic E-state index is -0.0872. The molecule has 5 nitrogen and oxygen atoms in total. The third-order valence-electron chi connectivity index (χ3n) is 4.15. The number of hydrogen-bond acceptors (Lipinski definition) is 4. The van der Waals surface area contributed by atoms with Gasteiger partial charge in [-0.15, -0.1) is 11.3 Å². The zero-order valence-corrected chi connectivity index (χ0v) is 15.5. The van der Waals surface area contributed by atoms with Gasteiger partial charge in [0.2, 0.25) is 5.91 Å². The second kappa shape index (κ2) is 7.99. The zero-order chi connectivity index (χ0) is 17.8. The van der Waals surface area contributed by atoms with Gasteiger partial charge < -0.3 is 15.5 Å². The molecule has 1 atom stereocenters. The van der Waals surface area contributed by atoms with Crippen molar-refractivity contribution >= 4 is 34.8 Å². The highest BCUT2D eigenvalue weighted by Crippen LogP contribution is 2.30. The lowest BCUT2D eigenvalue weighted by molar-refractivity contribution is -0.119. The summed E-state index contributed by atoms with van der Waals surface area (Å²) in [6.45, 7) is 4.00. The van der Waals surface area contributed by atoms with E-state index in [-0.39, 0.29) is 17.9 Å². The largest absolute Gasteiger partial charge is 0.351 e. The highest BCUT2D eigenvalue weighted by atomic mass is 35.5. The van der Waals surface area contributed by atoms with E-state index < -0.39 is 0 Å². The fourth-order valence-electron chi connectivity index (χ4n) is 2.91. The van der Waals surface area contributed by atoms with Gasteiger partial charge in [0, 0.05) is 36.5 Å². The molecule has 2 aromatic rings. The van der Waals surface area contributed by atoms with E-state index in [0.29, 0.717) is 29.5 Å². The lowest BCUT2D eigenvalue weighted by Gasteiger charge is -2.36. The molecule has 0 spiro atoms. The number of nitrogens with one attached hydrogen (secondary N) is 2. The Morgan fingerprint density at radius 1 is 1.32 bits per heavy atom. The lowest BCUT2D eigenvalue weighted by atomic mass is 10.0. The molecule has 1 aliphatic heterocycles. The number of carbonyl (C=O) groups excluding carboxylic acids is 2. The molecule has 0 aliphatic carbocycles. The number of benzene rings is 1. The monoisotopic (exact) mass is 377 g/mol. The Kier molecular flexibility index (Phi) is 5.73. The van der Waals surface area contributed by atoms with Crippen molar-refractivity contribution in [3.63, 3.8) is 0 Å². The number of carbonyl (C=O) groups is 2. The molecule has 7 heteroatoms. The van der Waals surface area contributed by atoms with Gasteiger partial charge in [-0.2, -0.15) is 0 Å². The first kappa shape index (κ1) is 17.9. The third-order valence-corrected chi connectivity index (χ3v) is 5.57. The van der Waals surface area contributed by atoms with Gasteiger partial charge >= 0.3 is 0 Å². The van der Waals surface area contributed by atoms with Gasteiger partial charge in [0.05, 0.1) is 17.5 Å². The first-order valence-electron chi connectivity index (χ1n) is 8.15. The number of piperazine rings is 1. The molecule has 1 saturated heterocycles. The molecule has 0 radical (unpaired) electrons. The first-order valence-corrected chi connectivity index (χ1v) is 9.35. The summed E-state index contributed by atoms with van der Waals surface area (Å²) in [5, 5.41) is 6.77. The van der Waals surface area contributed by atoms with E-state index in [4.69, 9.17) is 11.6 Å². The van der Waals surface area contributed by atoms with Gasteiger partial charge in [0.15, 0.2) is 0 Å². The van der Waals surface area contributed by atoms with E-state index in [1.807, 2.05) is 41.3 Å². The Balaban J connectivity index is 1.79. The maximum atomic E-state index is 13.0. The first-order chi connectivity index (χ1) is 12.1. The van der Waals surface area contributed by atoms with Crippen LogP contribution < -0.4 is 10.6 Å². The second-order valence-electron chi connectivity index (χ2n) is 5.92. The highest BCUT2D eigenvalue weighted by Gasteiger charge is 2.30. The van der Waals surface area contributed by atoms with E-state index in [9.17, 15) is 9.59 Å². The van der Waals surface area contributed by atoms with Gasteiger partial charge in [-0.3, -0.25) is 9.59 Å². The van der Waals surface area contributed by atoms with Gasteiger partial charge in [-0.25, -0.2) is 0 Å². The molecule has 1 aliphatic rings. The fourth-order valence-corrected chi connectivity index (χ4v) is 4.08. The Morgan fingerprint density at radius 2 is 2.12 bits per heavy atom. The van der Waals surface area contributed by atoms with E-state index in [1.165, 1.54) is 18.3 Å². The molecule has 1 unspecified atom stereocenters. The minimum Gasteiger partial charge on any atom is -0.351 e. The van der Waals surface area contributed by atoms with Crippen LogP contribution in [0.5, 0.6) is 0 Å². The fraction of sp³-hybridized carbons (Fsp3) is 0.333. The Hall–Kier alpha value is -1.89. The summed E-state index contributed by atoms with van der Waals surface area (Å²) in [5.41, 5.74) is 0.958. The van der Waals surface area contributed by atoms with Crippen molar-refractivity contribution in [2.45, 2.75) is 19.5 Å². The number of nitrogens with zero attached hydrogens (tertiary/aromatic N) is 1. The maximum absolute atomic E-state index is 13.0. The molecule has 1 aromatic carbocycles. The predicted octanol–water partition coefficient (Wildman–Crippen LogP) is 2.82. The second-order valence-corrected chi connectivity index (χ2v) is 7.49. The van der Waals surface area contributed by atoms with Crippen LogP contribution in [0.2, 0.25) is 5.02 Å². The zero-order valence-electron chi connectivity index (χ0n) is 13.9. The topological polar surface area (TPSA) is 61.4 Å². The average molecular weight is 378 g/mol. The molecule has 2 heterocycles. The number of hydrogen-bond donors (Lipinski definition) is 2. The van der Waals surface area contributed by atoms with Gasteiger partial charge in [-0.1, -0.05) is 29.8 Å². The third kappa shape index (κ3) is 4.21. The van der Waals surface area contributed by atoms with Crippen LogP contribution in [-0.4, -0.2) is 36.3 Å². The quantitative estimate of drug-likeness (QED) is 0.861. The Morgan fingerprint density at radius 3 is 2.88 bits per heavy atom. The summed E-state index contributed by atoms with van der Waals surface area (Å²) in [4.78, 5) is 27.6. The number of thiophene rings is 1. The van der Waals surface area contributed by atoms with Crippen LogP contribution in [0.1, 0.15) is 33.1 Å². The molecular weight excluding hydrogens is 358 g/mol. The van der Waals surface area contributed by atoms with Crippen LogP contribution in [0.3, 0.4) is 0 Å². The van der Waals surface area contributed by atoms with Crippen molar-refractivity contribution < 1.29 is 9.59 Å². The molecule has 1 aromatic heterocycles. The molecule has 0 bridgehead atoms. The van der Waals surface area contributed by atoms with Crippen molar-refractivity contribution in [1.29, 1.82) is 0 Å². The summed E-state index contributed by atoms with van der Waals surface area (Å²) in [6.07, 6.45) is 0. The van der Waals surface area contributed by atoms with Crippen LogP contribution in [0.15, 0.2) is 36.4 Å². The summed E-state index contributed by atoms with van der Waals surface area (Å²) in [7, 11) is 0. The molecule has 2 amide bonds. The van der Waals surface area contributed by atoms with Crippen LogP contribution in [0, 0.1) is 0 Å². The molecule has 3 rings (SSSR count). The number of rotatable bonds is 4. The van der Waals surface area contributed by atoms with Gasteiger partial charge in [0.25, 0.3) is 5.91 Å². The van der Waals surface area contributed by atoms with E-state index in [2.05, 4.69) is 10.6 Å². The minimum absolute atomic E-state index is 0.00509. The van der Waals surface area contributed by atoms with Crippen molar-refractivity contribution in [2.24, 2.45) is 0 Å². The van der Waals surface area contributed by atoms with Crippen molar-refractivity contribution in [2.75, 3.05) is 19.6 Å². The van der Waals surface area contributed by atoms with Crippen molar-refractivity contribution in [1.82, 2.24) is 15.5 Å². The summed E-state index contributed by atoms with van der Waals surface area (Å²) >= 11 is 7.76. The van der Waals surface area contributed by atoms with Crippen molar-refractivity contribution in [3.05, 3.63) is 56.7 Å². The molecular formula is C18H20ClN3O2S. The SMILES string of the molecule is CC(=O)NCc1ccc(C(=O)N2CCNCC2c2ccccc2Cl)s1. The number of halogens is 1. The standard InChI is InChI=1S/C18H20ClN3O2S/c1-12(23)21-10-13-6-7-17(25-13)18(24)22-9-8-20-11-16(22)14-4-2-3-5-15(14)19/h2-7,16,20H,8-11H2,1H3,(H,21,23).